The number of hydrogen-bond acceptors (Lipinski definition) is 2. The Kier molecular flexibility index (Phi) is 15.8. The molecule has 17 aromatic carbocycles. The first kappa shape index (κ1) is 66.0. The van der Waals surface area contributed by atoms with Gasteiger partial charge in [-0.1, -0.05) is 345 Å². The highest BCUT2D eigenvalue weighted by molar-refractivity contribution is 7.00. The Bertz CT molecular complexity index is 6360. The van der Waals surface area contributed by atoms with E-state index in [4.69, 9.17) is 0 Å². The van der Waals surface area contributed by atoms with E-state index in [0.29, 0.717) is 13.1 Å². The second kappa shape index (κ2) is 26.2. The van der Waals surface area contributed by atoms with E-state index in [0.717, 1.165) is 19.4 Å². The van der Waals surface area contributed by atoms with E-state index in [9.17, 15) is 0 Å². The zero-order valence-corrected chi connectivity index (χ0v) is 62.8. The van der Waals surface area contributed by atoms with Gasteiger partial charge < -0.3 is 14.4 Å². The van der Waals surface area contributed by atoms with E-state index in [1.54, 1.807) is 0 Å². The van der Waals surface area contributed by atoms with Gasteiger partial charge in [0.2, 0.25) is 0 Å². The highest BCUT2D eigenvalue weighted by Crippen LogP contribution is 2.48. The standard InChI is InChI=1S/C105H84BN3/c1-104(2,3)77-63-89(70-31-14-8-15-32-70)80(90(64-77)71-33-16-9-17-34-71)55-57-107-97-54-50-75(69-29-12-7-13-30-69)61-94(97)106-93-53-49-76(79-51-52-88-86-44-27-40-74-39-26-43-85(101(74)86)87-46-28-45-84(79)102(87)88)62-98(93)108(100-60-68(59-99(107)103(100)106)67-109-95-47-24-22-41-82(95)83-42-23-25-48-96(83)109)58-56-81-91(72-35-18-10-19-36-72)65-78(105(4,5)6)66-92(81)73-37-20-11-21-38-73/h7-54,59-66H,55-58,67H2,1-6H3. The second-order valence-corrected chi connectivity index (χ2v) is 32.5. The summed E-state index contributed by atoms with van der Waals surface area (Å²) in [7, 11) is 0. The number of aromatic nitrogens is 1. The summed E-state index contributed by atoms with van der Waals surface area (Å²) in [6.07, 6.45) is 1.54. The molecule has 0 bridgehead atoms. The Balaban J connectivity index is 0.860. The molecule has 18 aromatic rings. The SMILES string of the molecule is CC(C)(C)c1cc(-c2ccccc2)c(CCN2c3ccc(-c4ccccc4)cc3B3c4ccc(-c5ccc6c7cccc8cccc(c9cccc5c96)c87)cc4N(CCc4c(-c5ccccc5)cc(C(C)(C)C)cc4-c4ccccc4)c4cc(Cn5c6ccccc6c6ccccc65)cc2c43)c(-c2ccccc2)c1. The number of nitrogens with zero attached hydrogens (tertiary/aromatic N) is 3. The van der Waals surface area contributed by atoms with Crippen molar-refractivity contribution in [3.8, 4) is 66.8 Å². The van der Waals surface area contributed by atoms with Gasteiger partial charge in [0.05, 0.1) is 0 Å². The topological polar surface area (TPSA) is 11.4 Å². The second-order valence-electron chi connectivity index (χ2n) is 32.5. The van der Waals surface area contributed by atoms with Crippen molar-refractivity contribution in [2.45, 2.75) is 71.8 Å². The normalized spacial score (nSPS) is 12.8. The maximum atomic E-state index is 2.79. The van der Waals surface area contributed by atoms with Crippen LogP contribution in [0.15, 0.2) is 340 Å². The maximum absolute atomic E-state index is 2.79. The summed E-state index contributed by atoms with van der Waals surface area (Å²) in [5, 5.41) is 12.9. The minimum Gasteiger partial charge on any atom is -0.342 e. The van der Waals surface area contributed by atoms with E-state index in [-0.39, 0.29) is 17.5 Å². The molecule has 0 saturated carbocycles. The lowest BCUT2D eigenvalue weighted by Gasteiger charge is -2.45. The van der Waals surface area contributed by atoms with Crippen LogP contribution >= 0.6 is 0 Å². The third kappa shape index (κ3) is 11.2. The van der Waals surface area contributed by atoms with Gasteiger partial charge in [0, 0.05) is 64.2 Å². The number of benzene rings is 17. The average molecular weight is 1400 g/mol. The minimum absolute atomic E-state index is 0.0960. The van der Waals surface area contributed by atoms with Crippen LogP contribution < -0.4 is 26.2 Å². The summed E-state index contributed by atoms with van der Waals surface area (Å²) >= 11 is 0. The fourth-order valence-corrected chi connectivity index (χ4v) is 18.7. The van der Waals surface area contributed by atoms with Crippen LogP contribution in [0, 0.1) is 0 Å². The summed E-state index contributed by atoms with van der Waals surface area (Å²) in [5.41, 5.74) is 32.8. The predicted molar refractivity (Wildman–Crippen MR) is 468 cm³/mol. The van der Waals surface area contributed by atoms with Crippen LogP contribution in [0.2, 0.25) is 0 Å². The molecule has 522 valence electrons. The third-order valence-corrected chi connectivity index (χ3v) is 24.0. The van der Waals surface area contributed by atoms with Crippen molar-refractivity contribution in [1.29, 1.82) is 0 Å². The fourth-order valence-electron chi connectivity index (χ4n) is 18.7. The lowest BCUT2D eigenvalue weighted by Crippen LogP contribution is -2.62. The van der Waals surface area contributed by atoms with Crippen LogP contribution in [-0.2, 0) is 30.2 Å². The van der Waals surface area contributed by atoms with Crippen molar-refractivity contribution in [1.82, 2.24) is 4.57 Å². The monoisotopic (exact) mass is 1400 g/mol. The molecule has 109 heavy (non-hydrogen) atoms. The lowest BCUT2D eigenvalue weighted by molar-refractivity contribution is 0.590. The van der Waals surface area contributed by atoms with Gasteiger partial charge in [-0.3, -0.25) is 0 Å². The van der Waals surface area contributed by atoms with Crippen LogP contribution in [0.25, 0.3) is 132 Å². The largest absolute Gasteiger partial charge is 0.342 e. The van der Waals surface area contributed by atoms with Gasteiger partial charge in [0.25, 0.3) is 6.71 Å². The van der Waals surface area contributed by atoms with Gasteiger partial charge in [-0.2, -0.15) is 0 Å². The van der Waals surface area contributed by atoms with Gasteiger partial charge in [-0.25, -0.2) is 0 Å². The predicted octanol–water partition coefficient (Wildman–Crippen LogP) is 25.4. The molecule has 0 spiro atoms. The summed E-state index contributed by atoms with van der Waals surface area (Å²) in [6, 6.07) is 130. The van der Waals surface area contributed by atoms with Gasteiger partial charge >= 0.3 is 0 Å². The smallest absolute Gasteiger partial charge is 0.252 e. The van der Waals surface area contributed by atoms with Gasteiger partial charge in [0.15, 0.2) is 0 Å². The summed E-state index contributed by atoms with van der Waals surface area (Å²) in [4.78, 5) is 5.55. The molecule has 2 aliphatic heterocycles. The van der Waals surface area contributed by atoms with E-state index < -0.39 is 0 Å². The first-order chi connectivity index (χ1) is 53.3. The van der Waals surface area contributed by atoms with Crippen LogP contribution in [0.5, 0.6) is 0 Å². The fraction of sp³-hybridized carbons (Fsp3) is 0.124. The average Bonchev–Trinajstić information content (AvgIpc) is 1.33. The molecule has 0 radical (unpaired) electrons. The van der Waals surface area contributed by atoms with E-state index in [2.05, 4.69) is 396 Å². The molecule has 0 fully saturated rings. The van der Waals surface area contributed by atoms with Crippen molar-refractivity contribution < 1.29 is 0 Å². The van der Waals surface area contributed by atoms with Crippen molar-refractivity contribution >= 4 is 111 Å². The number of hydrogen-bond donors (Lipinski definition) is 0. The first-order valence-electron chi connectivity index (χ1n) is 39.0. The van der Waals surface area contributed by atoms with E-state index >= 15 is 0 Å². The van der Waals surface area contributed by atoms with Gasteiger partial charge in [0.1, 0.15) is 0 Å². The molecule has 0 unspecified atom stereocenters. The Morgan fingerprint density at radius 1 is 0.275 bits per heavy atom. The van der Waals surface area contributed by atoms with Crippen LogP contribution in [0.1, 0.15) is 69.4 Å². The zero-order chi connectivity index (χ0) is 73.2. The maximum Gasteiger partial charge on any atom is 0.252 e. The summed E-state index contributed by atoms with van der Waals surface area (Å²) in [5.74, 6) is 0. The molecular formula is C105H84BN3. The van der Waals surface area contributed by atoms with Crippen molar-refractivity contribution in [3.63, 3.8) is 0 Å². The number of para-hydroxylation sites is 2. The summed E-state index contributed by atoms with van der Waals surface area (Å²) < 4.78 is 2.59. The molecule has 20 rings (SSSR count). The zero-order valence-electron chi connectivity index (χ0n) is 62.8. The lowest BCUT2D eigenvalue weighted by atomic mass is 9.33. The Labute approximate surface area is 640 Å². The molecule has 2 aliphatic rings. The molecule has 1 aromatic heterocycles. The molecule has 0 saturated heterocycles. The van der Waals surface area contributed by atoms with E-state index in [1.807, 2.05) is 0 Å². The highest BCUT2D eigenvalue weighted by atomic mass is 15.2. The van der Waals surface area contributed by atoms with Crippen molar-refractivity contribution in [2.24, 2.45) is 0 Å². The highest BCUT2D eigenvalue weighted by Gasteiger charge is 2.44. The van der Waals surface area contributed by atoms with Crippen LogP contribution in [0.4, 0.5) is 22.7 Å². The Morgan fingerprint density at radius 3 is 1.18 bits per heavy atom. The molecule has 0 aliphatic carbocycles. The third-order valence-electron chi connectivity index (χ3n) is 24.0. The van der Waals surface area contributed by atoms with Crippen LogP contribution in [0.3, 0.4) is 0 Å². The van der Waals surface area contributed by atoms with E-state index in [1.165, 1.54) is 199 Å². The number of rotatable bonds is 14. The van der Waals surface area contributed by atoms with Crippen molar-refractivity contribution in [2.75, 3.05) is 22.9 Å². The number of fused-ring (bicyclic) bond motifs is 9. The quantitative estimate of drug-likeness (QED) is 0.0611. The first-order valence-corrected chi connectivity index (χ1v) is 39.0. The molecule has 3 nitrogen and oxygen atoms in total. The number of anilines is 4. The molecule has 3 heterocycles. The molecule has 0 N–H and O–H groups in total. The molecule has 0 amide bonds. The van der Waals surface area contributed by atoms with Crippen LogP contribution in [-0.4, -0.2) is 24.4 Å². The minimum atomic E-state index is -0.132. The molecule has 0 atom stereocenters. The molecular weight excluding hydrogens is 1310 g/mol. The summed E-state index contributed by atoms with van der Waals surface area (Å²) in [6.45, 7) is 16.1. The van der Waals surface area contributed by atoms with Gasteiger partial charge in [-0.05, 0) is 214 Å². The van der Waals surface area contributed by atoms with Gasteiger partial charge in [-0.15, -0.1) is 0 Å². The molecule has 4 heteroatoms. The van der Waals surface area contributed by atoms with Crippen molar-refractivity contribution in [3.05, 3.63) is 368 Å². The Morgan fingerprint density at radius 2 is 0.688 bits per heavy atom. The Hall–Kier alpha value is -12.5.